The smallest absolute Gasteiger partial charge is 0.357 e. The molecule has 0 aliphatic heterocycles. The molecule has 0 fully saturated rings. The number of hydrogen-bond acceptors (Lipinski definition) is 4. The van der Waals surface area contributed by atoms with Gasteiger partial charge in [-0.15, -0.1) is 0 Å². The van der Waals surface area contributed by atoms with Gasteiger partial charge >= 0.3 is 6.18 Å². The number of alkyl halides is 3. The lowest BCUT2D eigenvalue weighted by atomic mass is 10.1. The Morgan fingerprint density at radius 3 is 2.30 bits per heavy atom. The van der Waals surface area contributed by atoms with E-state index in [1.807, 2.05) is 0 Å². The molecular formula is C21H23ClF3N3O4S. The zero-order chi connectivity index (χ0) is 25.0. The molecule has 2 aromatic carbocycles. The molecule has 0 saturated heterocycles. The lowest BCUT2D eigenvalue weighted by Gasteiger charge is -2.31. The number of sulfonamides is 1. The minimum absolute atomic E-state index is 0.118. The Morgan fingerprint density at radius 2 is 1.76 bits per heavy atom. The Bertz CT molecular complexity index is 1130. The normalized spacial score (nSPS) is 12.7. The number of rotatable bonds is 8. The number of nitrogens with zero attached hydrogens (tertiary/aromatic N) is 2. The van der Waals surface area contributed by atoms with Gasteiger partial charge in [0.1, 0.15) is 12.6 Å². The molecule has 7 nitrogen and oxygen atoms in total. The van der Waals surface area contributed by atoms with E-state index in [0.29, 0.717) is 21.0 Å². The van der Waals surface area contributed by atoms with Crippen molar-refractivity contribution in [3.63, 3.8) is 0 Å². The molecule has 1 atom stereocenters. The molecule has 0 saturated carbocycles. The van der Waals surface area contributed by atoms with E-state index in [1.54, 1.807) is 24.3 Å². The first kappa shape index (κ1) is 26.5. The van der Waals surface area contributed by atoms with Crippen LogP contribution in [0.4, 0.5) is 18.9 Å². The summed E-state index contributed by atoms with van der Waals surface area (Å²) in [5, 5.41) is 2.75. The molecule has 0 aromatic heterocycles. The predicted molar refractivity (Wildman–Crippen MR) is 119 cm³/mol. The number of hydrogen-bond donors (Lipinski definition) is 1. The van der Waals surface area contributed by atoms with Crippen molar-refractivity contribution in [2.75, 3.05) is 24.2 Å². The second-order valence-corrected chi connectivity index (χ2v) is 9.54. The van der Waals surface area contributed by atoms with Crippen molar-refractivity contribution in [2.45, 2.75) is 25.7 Å². The van der Waals surface area contributed by atoms with Gasteiger partial charge in [-0.05, 0) is 36.8 Å². The summed E-state index contributed by atoms with van der Waals surface area (Å²) < 4.78 is 64.8. The lowest BCUT2D eigenvalue weighted by Crippen LogP contribution is -2.50. The average Bonchev–Trinajstić information content (AvgIpc) is 2.74. The molecule has 1 N–H and O–H groups in total. The molecule has 180 valence electrons. The van der Waals surface area contributed by atoms with Gasteiger partial charge in [0.2, 0.25) is 21.8 Å². The van der Waals surface area contributed by atoms with Crippen LogP contribution in [0.5, 0.6) is 0 Å². The molecule has 0 radical (unpaired) electrons. The van der Waals surface area contributed by atoms with Gasteiger partial charge in [-0.1, -0.05) is 35.9 Å². The highest BCUT2D eigenvalue weighted by molar-refractivity contribution is 7.92. The van der Waals surface area contributed by atoms with Crippen LogP contribution in [0.1, 0.15) is 18.1 Å². The molecule has 2 rings (SSSR count). The van der Waals surface area contributed by atoms with E-state index in [0.717, 1.165) is 29.4 Å². The maximum atomic E-state index is 13.2. The fourth-order valence-corrected chi connectivity index (χ4v) is 4.09. The number of anilines is 1. The highest BCUT2D eigenvalue weighted by Crippen LogP contribution is 2.32. The Labute approximate surface area is 195 Å². The van der Waals surface area contributed by atoms with Crippen molar-refractivity contribution in [3.05, 3.63) is 64.7 Å². The Kier molecular flexibility index (Phi) is 8.36. The number of likely N-dealkylation sites (N-methyl/N-ethyl adjacent to an activating group) is 1. The van der Waals surface area contributed by atoms with Gasteiger partial charge in [0, 0.05) is 18.6 Å². The van der Waals surface area contributed by atoms with Gasteiger partial charge in [0.25, 0.3) is 0 Å². The van der Waals surface area contributed by atoms with E-state index in [9.17, 15) is 31.2 Å². The molecule has 2 amide bonds. The van der Waals surface area contributed by atoms with Crippen LogP contribution in [0.15, 0.2) is 48.5 Å². The van der Waals surface area contributed by atoms with Crippen LogP contribution in [0.3, 0.4) is 0 Å². The Balaban J connectivity index is 2.45. The Morgan fingerprint density at radius 1 is 1.12 bits per heavy atom. The third kappa shape index (κ3) is 6.84. The summed E-state index contributed by atoms with van der Waals surface area (Å²) in [6.07, 6.45) is -3.92. The van der Waals surface area contributed by atoms with E-state index >= 15 is 0 Å². The molecule has 2 aromatic rings. The van der Waals surface area contributed by atoms with Crippen molar-refractivity contribution in [1.82, 2.24) is 10.2 Å². The molecule has 12 heteroatoms. The van der Waals surface area contributed by atoms with E-state index in [-0.39, 0.29) is 12.2 Å². The molecule has 0 bridgehead atoms. The second-order valence-electron chi connectivity index (χ2n) is 7.22. The monoisotopic (exact) mass is 505 g/mol. The maximum absolute atomic E-state index is 13.2. The van der Waals surface area contributed by atoms with Crippen LogP contribution in [0, 0.1) is 0 Å². The quantitative estimate of drug-likeness (QED) is 0.596. The van der Waals surface area contributed by atoms with Gasteiger partial charge in [-0.3, -0.25) is 13.9 Å². The van der Waals surface area contributed by atoms with Gasteiger partial charge in [0.05, 0.1) is 17.5 Å². The molecule has 0 aliphatic rings. The SMILES string of the molecule is CNC(=O)C(C)N(Cc1ccccc1Cl)C(=O)CN(c1cccc(C(F)(F)F)c1)S(C)(=O)=O. The zero-order valence-corrected chi connectivity index (χ0v) is 19.6. The molecule has 0 aliphatic carbocycles. The number of benzene rings is 2. The van der Waals surface area contributed by atoms with Crippen molar-refractivity contribution < 1.29 is 31.2 Å². The van der Waals surface area contributed by atoms with Crippen LogP contribution in [0.2, 0.25) is 5.02 Å². The molecule has 1 unspecified atom stereocenters. The van der Waals surface area contributed by atoms with Gasteiger partial charge in [0.15, 0.2) is 0 Å². The van der Waals surface area contributed by atoms with Crippen molar-refractivity contribution in [3.8, 4) is 0 Å². The predicted octanol–water partition coefficient (Wildman–Crippen LogP) is 3.29. The summed E-state index contributed by atoms with van der Waals surface area (Å²) in [5.41, 5.74) is -0.882. The first-order chi connectivity index (χ1) is 15.3. The topological polar surface area (TPSA) is 86.8 Å². The number of carbonyl (C=O) groups excluding carboxylic acids is 2. The van der Waals surface area contributed by atoms with Crippen LogP contribution in [0.25, 0.3) is 0 Å². The summed E-state index contributed by atoms with van der Waals surface area (Å²) >= 11 is 6.17. The summed E-state index contributed by atoms with van der Waals surface area (Å²) in [6, 6.07) is 9.23. The van der Waals surface area contributed by atoms with Crippen LogP contribution in [-0.4, -0.2) is 51.0 Å². The van der Waals surface area contributed by atoms with E-state index in [2.05, 4.69) is 5.32 Å². The minimum Gasteiger partial charge on any atom is -0.357 e. The number of nitrogens with one attached hydrogen (secondary N) is 1. The minimum atomic E-state index is -4.70. The van der Waals surface area contributed by atoms with E-state index < -0.39 is 46.2 Å². The molecular weight excluding hydrogens is 483 g/mol. The molecule has 0 heterocycles. The third-order valence-electron chi connectivity index (χ3n) is 4.85. The standard InChI is InChI=1S/C21H23ClF3N3O4S/c1-14(20(30)26-2)27(12-15-7-4-5-10-18(15)22)19(29)13-28(33(3,31)32)17-9-6-8-16(11-17)21(23,24)25/h4-11,14H,12-13H2,1-3H3,(H,26,30). The highest BCUT2D eigenvalue weighted by Gasteiger charge is 2.33. The first-order valence-electron chi connectivity index (χ1n) is 9.65. The highest BCUT2D eigenvalue weighted by atomic mass is 35.5. The molecule has 0 spiro atoms. The van der Waals surface area contributed by atoms with Gasteiger partial charge in [-0.2, -0.15) is 13.2 Å². The second kappa shape index (κ2) is 10.4. The van der Waals surface area contributed by atoms with Crippen molar-refractivity contribution in [2.24, 2.45) is 0 Å². The van der Waals surface area contributed by atoms with E-state index in [1.165, 1.54) is 14.0 Å². The maximum Gasteiger partial charge on any atom is 0.416 e. The summed E-state index contributed by atoms with van der Waals surface area (Å²) in [7, 11) is -2.77. The summed E-state index contributed by atoms with van der Waals surface area (Å²) in [6.45, 7) is 0.516. The van der Waals surface area contributed by atoms with Crippen LogP contribution >= 0.6 is 11.6 Å². The Hall–Kier alpha value is -2.79. The zero-order valence-electron chi connectivity index (χ0n) is 18.1. The third-order valence-corrected chi connectivity index (χ3v) is 6.36. The van der Waals surface area contributed by atoms with Crippen LogP contribution < -0.4 is 9.62 Å². The molecule has 33 heavy (non-hydrogen) atoms. The average molecular weight is 506 g/mol. The van der Waals surface area contributed by atoms with E-state index in [4.69, 9.17) is 11.6 Å². The first-order valence-corrected chi connectivity index (χ1v) is 11.9. The number of amides is 2. The fourth-order valence-electron chi connectivity index (χ4n) is 3.05. The lowest BCUT2D eigenvalue weighted by molar-refractivity contribution is -0.139. The largest absolute Gasteiger partial charge is 0.416 e. The van der Waals surface area contributed by atoms with Crippen molar-refractivity contribution in [1.29, 1.82) is 0 Å². The summed E-state index contributed by atoms with van der Waals surface area (Å²) in [5.74, 6) is -1.31. The number of carbonyl (C=O) groups is 2. The number of halogens is 4. The summed E-state index contributed by atoms with van der Waals surface area (Å²) in [4.78, 5) is 26.6. The van der Waals surface area contributed by atoms with Gasteiger partial charge in [-0.25, -0.2) is 8.42 Å². The van der Waals surface area contributed by atoms with Crippen LogP contribution in [-0.2, 0) is 32.3 Å². The van der Waals surface area contributed by atoms with Crippen molar-refractivity contribution >= 4 is 39.1 Å². The van der Waals surface area contributed by atoms with Gasteiger partial charge < -0.3 is 10.2 Å². The fraction of sp³-hybridized carbons (Fsp3) is 0.333.